The van der Waals surface area contributed by atoms with Crippen molar-refractivity contribution in [3.8, 4) is 0 Å². The van der Waals surface area contributed by atoms with Crippen LogP contribution in [0.15, 0.2) is 29.2 Å². The number of nitrogens with one attached hydrogen (secondary N) is 2. The number of amides is 3. The van der Waals surface area contributed by atoms with Crippen LogP contribution in [0.5, 0.6) is 0 Å². The van der Waals surface area contributed by atoms with Crippen molar-refractivity contribution in [3.63, 3.8) is 0 Å². The molecule has 0 aromatic heterocycles. The number of rotatable bonds is 4. The lowest BCUT2D eigenvalue weighted by Gasteiger charge is -2.14. The molecule has 0 radical (unpaired) electrons. The van der Waals surface area contributed by atoms with Crippen LogP contribution in [0, 0.1) is 0 Å². The van der Waals surface area contributed by atoms with E-state index in [1.807, 2.05) is 5.32 Å². The van der Waals surface area contributed by atoms with E-state index in [1.165, 1.54) is 24.3 Å². The summed E-state index contributed by atoms with van der Waals surface area (Å²) in [6, 6.07) is 4.31. The summed E-state index contributed by atoms with van der Waals surface area (Å²) in [5.74, 6) is -0.570. The number of urea groups is 1. The zero-order valence-electron chi connectivity index (χ0n) is 10.5. The van der Waals surface area contributed by atoms with Crippen LogP contribution in [0.2, 0.25) is 0 Å². The van der Waals surface area contributed by atoms with E-state index >= 15 is 0 Å². The fourth-order valence-corrected chi connectivity index (χ4v) is 1.97. The van der Waals surface area contributed by atoms with Crippen molar-refractivity contribution in [2.24, 2.45) is 5.73 Å². The predicted molar refractivity (Wildman–Crippen MR) is 70.4 cm³/mol. The summed E-state index contributed by atoms with van der Waals surface area (Å²) in [6.07, 6.45) is 1.11. The van der Waals surface area contributed by atoms with Gasteiger partial charge in [-0.2, -0.15) is 0 Å². The first-order valence-electron chi connectivity index (χ1n) is 5.37. The van der Waals surface area contributed by atoms with Crippen molar-refractivity contribution < 1.29 is 18.0 Å². The lowest BCUT2D eigenvalue weighted by atomic mass is 10.2. The summed E-state index contributed by atoms with van der Waals surface area (Å²) in [4.78, 5) is 22.1. The highest BCUT2D eigenvalue weighted by Crippen LogP contribution is 2.14. The number of hydrogen-bond donors (Lipinski definition) is 3. The van der Waals surface area contributed by atoms with E-state index in [4.69, 9.17) is 5.73 Å². The molecule has 0 aliphatic heterocycles. The van der Waals surface area contributed by atoms with Gasteiger partial charge in [-0.25, -0.2) is 13.2 Å². The molecular weight excluding hydrogens is 270 g/mol. The summed E-state index contributed by atoms with van der Waals surface area (Å²) in [7, 11) is -3.25. The van der Waals surface area contributed by atoms with Gasteiger partial charge >= 0.3 is 6.03 Å². The molecule has 1 unspecified atom stereocenters. The zero-order chi connectivity index (χ0) is 14.6. The highest BCUT2D eigenvalue weighted by molar-refractivity contribution is 7.90. The van der Waals surface area contributed by atoms with E-state index in [0.29, 0.717) is 5.69 Å². The Kier molecular flexibility index (Phi) is 4.49. The van der Waals surface area contributed by atoms with Crippen molar-refractivity contribution in [1.82, 2.24) is 5.32 Å². The Morgan fingerprint density at radius 2 is 1.74 bits per heavy atom. The standard InChI is InChI=1S/C11H15N3O4S/c1-7(10(15)14-11(12)16)13-8-3-5-9(6-4-8)19(2,17)18/h3-7,13H,1-2H3,(H3,12,14,15,16). The number of primary amides is 1. The molecular formula is C11H15N3O4S. The summed E-state index contributed by atoms with van der Waals surface area (Å²) in [6.45, 7) is 1.54. The number of hydrogen-bond acceptors (Lipinski definition) is 5. The van der Waals surface area contributed by atoms with Gasteiger partial charge in [0.1, 0.15) is 6.04 Å². The molecule has 0 aliphatic rings. The maximum atomic E-state index is 11.4. The fraction of sp³-hybridized carbons (Fsp3) is 0.273. The molecule has 4 N–H and O–H groups in total. The summed E-state index contributed by atoms with van der Waals surface area (Å²) in [5, 5.41) is 4.75. The Morgan fingerprint density at radius 1 is 1.21 bits per heavy atom. The maximum Gasteiger partial charge on any atom is 0.318 e. The normalized spacial score (nSPS) is 12.5. The molecule has 1 aromatic carbocycles. The second-order valence-corrected chi connectivity index (χ2v) is 6.03. The van der Waals surface area contributed by atoms with E-state index in [9.17, 15) is 18.0 Å². The molecule has 0 fully saturated rings. The topological polar surface area (TPSA) is 118 Å². The SMILES string of the molecule is CC(Nc1ccc(S(C)(=O)=O)cc1)C(=O)NC(N)=O. The first-order chi connectivity index (χ1) is 8.70. The molecule has 104 valence electrons. The lowest BCUT2D eigenvalue weighted by molar-refractivity contribution is -0.120. The van der Waals surface area contributed by atoms with Crippen molar-refractivity contribution in [1.29, 1.82) is 0 Å². The van der Waals surface area contributed by atoms with Crippen LogP contribution < -0.4 is 16.4 Å². The fourth-order valence-electron chi connectivity index (χ4n) is 1.34. The average molecular weight is 285 g/mol. The molecule has 1 atom stereocenters. The molecule has 0 saturated heterocycles. The van der Waals surface area contributed by atoms with Crippen LogP contribution in [-0.2, 0) is 14.6 Å². The molecule has 1 rings (SSSR count). The molecule has 0 bridgehead atoms. The highest BCUT2D eigenvalue weighted by atomic mass is 32.2. The minimum absolute atomic E-state index is 0.187. The van der Waals surface area contributed by atoms with Gasteiger partial charge in [0.25, 0.3) is 0 Å². The number of benzene rings is 1. The van der Waals surface area contributed by atoms with E-state index in [2.05, 4.69) is 5.32 Å². The maximum absolute atomic E-state index is 11.4. The first-order valence-corrected chi connectivity index (χ1v) is 7.26. The molecule has 8 heteroatoms. The Labute approximate surface area is 111 Å². The minimum atomic E-state index is -3.25. The summed E-state index contributed by atoms with van der Waals surface area (Å²) < 4.78 is 22.5. The zero-order valence-corrected chi connectivity index (χ0v) is 11.3. The lowest BCUT2D eigenvalue weighted by Crippen LogP contribution is -2.43. The number of anilines is 1. The molecule has 19 heavy (non-hydrogen) atoms. The highest BCUT2D eigenvalue weighted by Gasteiger charge is 2.14. The van der Waals surface area contributed by atoms with Crippen LogP contribution in [0.1, 0.15) is 6.92 Å². The van der Waals surface area contributed by atoms with Gasteiger partial charge in [-0.15, -0.1) is 0 Å². The molecule has 0 saturated carbocycles. The van der Waals surface area contributed by atoms with Gasteiger partial charge in [-0.3, -0.25) is 10.1 Å². The van der Waals surface area contributed by atoms with Gasteiger partial charge in [0.15, 0.2) is 9.84 Å². The van der Waals surface area contributed by atoms with Crippen molar-refractivity contribution >= 4 is 27.5 Å². The van der Waals surface area contributed by atoms with Gasteiger partial charge in [0.2, 0.25) is 5.91 Å². The Balaban J connectivity index is 2.73. The molecule has 1 aromatic rings. The van der Waals surface area contributed by atoms with E-state index in [0.717, 1.165) is 6.26 Å². The van der Waals surface area contributed by atoms with Crippen LogP contribution in [0.3, 0.4) is 0 Å². The van der Waals surface area contributed by atoms with Crippen LogP contribution in [-0.4, -0.2) is 32.7 Å². The van der Waals surface area contributed by atoms with E-state index in [-0.39, 0.29) is 4.90 Å². The predicted octanol–water partition coefficient (Wildman–Crippen LogP) is 0.0854. The van der Waals surface area contributed by atoms with Crippen LogP contribution >= 0.6 is 0 Å². The van der Waals surface area contributed by atoms with E-state index < -0.39 is 27.8 Å². The van der Waals surface area contributed by atoms with Gasteiger partial charge < -0.3 is 11.1 Å². The van der Waals surface area contributed by atoms with Crippen molar-refractivity contribution in [2.75, 3.05) is 11.6 Å². The Bertz CT molecular complexity index is 580. The number of nitrogens with two attached hydrogens (primary N) is 1. The van der Waals surface area contributed by atoms with Gasteiger partial charge in [-0.1, -0.05) is 0 Å². The molecule has 0 aliphatic carbocycles. The molecule has 3 amide bonds. The van der Waals surface area contributed by atoms with Crippen LogP contribution in [0.25, 0.3) is 0 Å². The largest absolute Gasteiger partial charge is 0.374 e. The first kappa shape index (κ1) is 15.0. The molecule has 0 heterocycles. The number of carbonyl (C=O) groups is 2. The molecule has 7 nitrogen and oxygen atoms in total. The van der Waals surface area contributed by atoms with E-state index in [1.54, 1.807) is 6.92 Å². The monoisotopic (exact) mass is 285 g/mol. The van der Waals surface area contributed by atoms with Gasteiger partial charge in [-0.05, 0) is 31.2 Å². The Morgan fingerprint density at radius 3 is 2.16 bits per heavy atom. The third-order valence-electron chi connectivity index (χ3n) is 2.31. The summed E-state index contributed by atoms with van der Waals surface area (Å²) in [5.41, 5.74) is 5.38. The van der Waals surface area contributed by atoms with Crippen molar-refractivity contribution in [2.45, 2.75) is 17.9 Å². The number of carbonyl (C=O) groups excluding carboxylic acids is 2. The van der Waals surface area contributed by atoms with Crippen molar-refractivity contribution in [3.05, 3.63) is 24.3 Å². The van der Waals surface area contributed by atoms with Gasteiger partial charge in [0.05, 0.1) is 4.90 Å². The van der Waals surface area contributed by atoms with Crippen LogP contribution in [0.4, 0.5) is 10.5 Å². The smallest absolute Gasteiger partial charge is 0.318 e. The third kappa shape index (κ3) is 4.59. The summed E-state index contributed by atoms with van der Waals surface area (Å²) >= 11 is 0. The van der Waals surface area contributed by atoms with Gasteiger partial charge in [0, 0.05) is 11.9 Å². The quantitative estimate of drug-likeness (QED) is 0.724. The number of sulfone groups is 1. The average Bonchev–Trinajstić information content (AvgIpc) is 2.27. The molecule has 0 spiro atoms. The Hall–Kier alpha value is -2.09. The second kappa shape index (κ2) is 5.70. The second-order valence-electron chi connectivity index (χ2n) is 4.02. The minimum Gasteiger partial charge on any atom is -0.374 e. The third-order valence-corrected chi connectivity index (χ3v) is 3.43. The number of imide groups is 1.